The minimum absolute atomic E-state index is 0.0139. The number of rotatable bonds is 8. The Balaban J connectivity index is 1.79. The molecule has 0 bridgehead atoms. The minimum Gasteiger partial charge on any atom is -0.508 e. The van der Waals surface area contributed by atoms with Gasteiger partial charge in [0.25, 0.3) is 0 Å². The lowest BCUT2D eigenvalue weighted by Gasteiger charge is -2.13. The molecule has 170 valence electrons. The van der Waals surface area contributed by atoms with Gasteiger partial charge in [-0.15, -0.1) is 0 Å². The highest BCUT2D eigenvalue weighted by Crippen LogP contribution is 2.31. The number of nitriles is 1. The Morgan fingerprint density at radius 2 is 1.91 bits per heavy atom. The molecule has 0 radical (unpaired) electrons. The lowest BCUT2D eigenvalue weighted by atomic mass is 9.94. The number of methoxy groups -OCH3 is 1. The third-order valence-corrected chi connectivity index (χ3v) is 6.63. The SMILES string of the molecule is COc1ccc(C#N)cc1S(=O)(=O)NCCc1ccc(-c2cccc(C)c2C(=O)O)cc1O. The van der Waals surface area contributed by atoms with Gasteiger partial charge in [0.2, 0.25) is 10.0 Å². The first-order valence-corrected chi connectivity index (χ1v) is 11.4. The third kappa shape index (κ3) is 5.14. The van der Waals surface area contributed by atoms with E-state index in [1.54, 1.807) is 37.3 Å². The summed E-state index contributed by atoms with van der Waals surface area (Å²) in [6.07, 6.45) is 0.186. The number of carboxylic acid groups (broad SMARTS) is 1. The van der Waals surface area contributed by atoms with Crippen molar-refractivity contribution in [1.29, 1.82) is 5.26 Å². The van der Waals surface area contributed by atoms with Crippen molar-refractivity contribution in [3.8, 4) is 28.7 Å². The molecule has 0 unspecified atom stereocenters. The maximum atomic E-state index is 12.7. The summed E-state index contributed by atoms with van der Waals surface area (Å²) in [6, 6.07) is 15.9. The van der Waals surface area contributed by atoms with Gasteiger partial charge in [0.1, 0.15) is 16.4 Å². The molecule has 3 rings (SSSR count). The van der Waals surface area contributed by atoms with Gasteiger partial charge in [-0.1, -0.05) is 30.3 Å². The summed E-state index contributed by atoms with van der Waals surface area (Å²) in [7, 11) is -2.63. The van der Waals surface area contributed by atoms with Crippen LogP contribution in [0.3, 0.4) is 0 Å². The molecule has 3 aromatic carbocycles. The van der Waals surface area contributed by atoms with E-state index in [0.717, 1.165) is 0 Å². The van der Waals surface area contributed by atoms with E-state index >= 15 is 0 Å². The second-order valence-electron chi connectivity index (χ2n) is 7.27. The number of aromatic carboxylic acids is 1. The van der Waals surface area contributed by atoms with Gasteiger partial charge in [0.05, 0.1) is 24.3 Å². The van der Waals surface area contributed by atoms with Gasteiger partial charge in [0.15, 0.2) is 0 Å². The van der Waals surface area contributed by atoms with Gasteiger partial charge in [-0.2, -0.15) is 5.26 Å². The van der Waals surface area contributed by atoms with E-state index < -0.39 is 16.0 Å². The molecular weight excluding hydrogens is 444 g/mol. The normalized spacial score (nSPS) is 11.1. The molecule has 0 saturated heterocycles. The fourth-order valence-electron chi connectivity index (χ4n) is 3.49. The monoisotopic (exact) mass is 466 g/mol. The average molecular weight is 467 g/mol. The van der Waals surface area contributed by atoms with Crippen molar-refractivity contribution in [1.82, 2.24) is 4.72 Å². The Kier molecular flexibility index (Phi) is 7.01. The van der Waals surface area contributed by atoms with E-state index in [1.807, 2.05) is 6.07 Å². The van der Waals surface area contributed by atoms with Crippen LogP contribution in [0.5, 0.6) is 11.5 Å². The summed E-state index contributed by atoms with van der Waals surface area (Å²) < 4.78 is 33.0. The fraction of sp³-hybridized carbons (Fsp3) is 0.167. The van der Waals surface area contributed by atoms with Crippen LogP contribution < -0.4 is 9.46 Å². The smallest absolute Gasteiger partial charge is 0.336 e. The van der Waals surface area contributed by atoms with Crippen LogP contribution >= 0.6 is 0 Å². The molecule has 0 aromatic heterocycles. The van der Waals surface area contributed by atoms with Crippen molar-refractivity contribution >= 4 is 16.0 Å². The predicted molar refractivity (Wildman–Crippen MR) is 122 cm³/mol. The molecule has 9 heteroatoms. The van der Waals surface area contributed by atoms with Crippen LogP contribution in [0.15, 0.2) is 59.5 Å². The summed E-state index contributed by atoms with van der Waals surface area (Å²) in [6.45, 7) is 1.69. The number of hydrogen-bond acceptors (Lipinski definition) is 6. The lowest BCUT2D eigenvalue weighted by Crippen LogP contribution is -2.26. The van der Waals surface area contributed by atoms with E-state index in [-0.39, 0.29) is 40.5 Å². The first-order chi connectivity index (χ1) is 15.7. The zero-order valence-electron chi connectivity index (χ0n) is 18.0. The Morgan fingerprint density at radius 3 is 2.55 bits per heavy atom. The predicted octanol–water partition coefficient (Wildman–Crippen LogP) is 3.47. The summed E-state index contributed by atoms with van der Waals surface area (Å²) in [4.78, 5) is 11.5. The van der Waals surface area contributed by atoms with Crippen LogP contribution in [0.2, 0.25) is 0 Å². The van der Waals surface area contributed by atoms with Gasteiger partial charge in [0, 0.05) is 6.54 Å². The molecule has 0 aliphatic carbocycles. The quantitative estimate of drug-likeness (QED) is 0.462. The molecule has 0 aliphatic heterocycles. The summed E-state index contributed by atoms with van der Waals surface area (Å²) >= 11 is 0. The molecule has 3 aromatic rings. The molecule has 33 heavy (non-hydrogen) atoms. The molecule has 0 saturated carbocycles. The number of benzene rings is 3. The Labute approximate surface area is 191 Å². The number of aromatic hydroxyl groups is 1. The first-order valence-electron chi connectivity index (χ1n) is 9.91. The number of aryl methyl sites for hydroxylation is 1. The topological polar surface area (TPSA) is 137 Å². The standard InChI is InChI=1S/C24H22N2O6S/c1-15-4-3-5-19(23(15)24(28)29)18-8-7-17(20(27)13-18)10-11-26-33(30,31)22-12-16(14-25)6-9-21(22)32-2/h3-9,12-13,26-27H,10-11H2,1-2H3,(H,28,29). The van der Waals surface area contributed by atoms with E-state index in [9.17, 15) is 23.4 Å². The number of sulfonamides is 1. The lowest BCUT2D eigenvalue weighted by molar-refractivity contribution is 0.0697. The van der Waals surface area contributed by atoms with Crippen LogP contribution in [0.1, 0.15) is 27.0 Å². The number of hydrogen-bond donors (Lipinski definition) is 3. The summed E-state index contributed by atoms with van der Waals surface area (Å²) in [5.41, 5.74) is 2.45. The third-order valence-electron chi connectivity index (χ3n) is 5.15. The zero-order valence-corrected chi connectivity index (χ0v) is 18.8. The maximum Gasteiger partial charge on any atom is 0.336 e. The molecular formula is C24H22N2O6S. The van der Waals surface area contributed by atoms with Gasteiger partial charge >= 0.3 is 5.97 Å². The second-order valence-corrected chi connectivity index (χ2v) is 9.01. The van der Waals surface area contributed by atoms with Crippen LogP contribution in [0.4, 0.5) is 0 Å². The van der Waals surface area contributed by atoms with Crippen molar-refractivity contribution in [2.45, 2.75) is 18.2 Å². The molecule has 0 spiro atoms. The van der Waals surface area contributed by atoms with E-state index in [0.29, 0.717) is 22.3 Å². The molecule has 0 heterocycles. The molecule has 3 N–H and O–H groups in total. The number of carboxylic acids is 1. The van der Waals surface area contributed by atoms with Crippen molar-refractivity contribution < 1.29 is 28.2 Å². The van der Waals surface area contributed by atoms with Crippen molar-refractivity contribution in [3.63, 3.8) is 0 Å². The average Bonchev–Trinajstić information content (AvgIpc) is 2.79. The minimum atomic E-state index is -3.96. The van der Waals surface area contributed by atoms with Crippen LogP contribution in [0.25, 0.3) is 11.1 Å². The number of nitrogens with zero attached hydrogens (tertiary/aromatic N) is 1. The molecule has 0 atom stereocenters. The van der Waals surface area contributed by atoms with Crippen LogP contribution in [-0.4, -0.2) is 38.3 Å². The van der Waals surface area contributed by atoms with E-state index in [1.165, 1.54) is 31.4 Å². The summed E-state index contributed by atoms with van der Waals surface area (Å²) in [5, 5.41) is 29.0. The number of nitrogens with one attached hydrogen (secondary N) is 1. The number of ether oxygens (including phenoxy) is 1. The van der Waals surface area contributed by atoms with Gasteiger partial charge in [-0.05, 0) is 59.9 Å². The Bertz CT molecular complexity index is 1360. The highest BCUT2D eigenvalue weighted by molar-refractivity contribution is 7.89. The van der Waals surface area contributed by atoms with Gasteiger partial charge in [-0.3, -0.25) is 0 Å². The highest BCUT2D eigenvalue weighted by atomic mass is 32.2. The molecule has 8 nitrogen and oxygen atoms in total. The number of phenols is 1. The highest BCUT2D eigenvalue weighted by Gasteiger charge is 2.20. The van der Waals surface area contributed by atoms with E-state index in [4.69, 9.17) is 10.00 Å². The summed E-state index contributed by atoms with van der Waals surface area (Å²) in [5.74, 6) is -1.02. The Morgan fingerprint density at radius 1 is 1.15 bits per heavy atom. The first kappa shape index (κ1) is 23.8. The van der Waals surface area contributed by atoms with Gasteiger partial charge < -0.3 is 14.9 Å². The van der Waals surface area contributed by atoms with Crippen LogP contribution in [-0.2, 0) is 16.4 Å². The molecule has 0 aliphatic rings. The van der Waals surface area contributed by atoms with Crippen molar-refractivity contribution in [2.75, 3.05) is 13.7 Å². The fourth-order valence-corrected chi connectivity index (χ4v) is 4.71. The molecule has 0 fully saturated rings. The van der Waals surface area contributed by atoms with Crippen LogP contribution in [0, 0.1) is 18.3 Å². The number of phenolic OH excluding ortho intramolecular Hbond substituents is 1. The largest absolute Gasteiger partial charge is 0.508 e. The zero-order chi connectivity index (χ0) is 24.2. The maximum absolute atomic E-state index is 12.7. The Hall–Kier alpha value is -3.87. The number of carbonyl (C=O) groups is 1. The van der Waals surface area contributed by atoms with Gasteiger partial charge in [-0.25, -0.2) is 17.9 Å². The van der Waals surface area contributed by atoms with E-state index in [2.05, 4.69) is 4.72 Å². The van der Waals surface area contributed by atoms with Crippen molar-refractivity contribution in [3.05, 3.63) is 76.9 Å². The molecule has 0 amide bonds. The second kappa shape index (κ2) is 9.73. The van der Waals surface area contributed by atoms with Crippen molar-refractivity contribution in [2.24, 2.45) is 0 Å².